The van der Waals surface area contributed by atoms with E-state index in [0.717, 1.165) is 48.4 Å². The number of para-hydroxylation sites is 1. The van der Waals surface area contributed by atoms with Crippen LogP contribution in [0.1, 0.15) is 109 Å². The quantitative estimate of drug-likeness (QED) is 0.0516. The number of anilines is 2. The first-order valence-electron chi connectivity index (χ1n) is 20.3. The second-order valence-corrected chi connectivity index (χ2v) is 15.8. The highest BCUT2D eigenvalue weighted by molar-refractivity contribution is 7.98. The lowest BCUT2D eigenvalue weighted by Gasteiger charge is -2.25. The van der Waals surface area contributed by atoms with Crippen LogP contribution < -0.4 is 32.3 Å². The Morgan fingerprint density at radius 2 is 1.32 bits per heavy atom. The van der Waals surface area contributed by atoms with Gasteiger partial charge in [0.05, 0.1) is 0 Å². The first kappa shape index (κ1) is 47.9. The van der Waals surface area contributed by atoms with Crippen molar-refractivity contribution in [3.63, 3.8) is 0 Å². The zero-order chi connectivity index (χ0) is 43.0. The third-order valence-corrected chi connectivity index (χ3v) is 10.5. The molecule has 3 rings (SSSR count). The van der Waals surface area contributed by atoms with E-state index in [4.69, 9.17) is 10.6 Å². The van der Waals surface area contributed by atoms with E-state index < -0.39 is 47.7 Å². The van der Waals surface area contributed by atoms with Crippen LogP contribution in [0.5, 0.6) is 0 Å². The van der Waals surface area contributed by atoms with Crippen LogP contribution in [0.25, 0.3) is 0 Å². The zero-order valence-corrected chi connectivity index (χ0v) is 34.9. The first-order chi connectivity index (χ1) is 28.3. The standard InChI is InChI=1S/C42H59N7O9S/c1-29(2)39(48-35(51)18-10-6-11-19-38(54)58-49-36(52)24-25-37(49)53)41(56)47-33(16-13-26-44-42(43)57)40(55)46-32-22-20-30(21-23-32)28-59-27-12-4-3-9-17-34(50)45-31-14-7-5-8-15-31/h5,7-8,14-15,20-23,29,33,39H,3-4,6,9-13,16-19,24-28H2,1-2H3,(H,45,50)(H,46,55)(H,47,56)(H,48,51)(H3,43,44,57)/t33-,39-/m0/s1. The Labute approximate surface area is 350 Å². The van der Waals surface area contributed by atoms with Gasteiger partial charge in [0.25, 0.3) is 11.8 Å². The lowest BCUT2D eigenvalue weighted by atomic mass is 10.0. The van der Waals surface area contributed by atoms with Crippen LogP contribution in [0.15, 0.2) is 54.6 Å². The van der Waals surface area contributed by atoms with E-state index in [0.29, 0.717) is 42.9 Å². The zero-order valence-electron chi connectivity index (χ0n) is 34.1. The van der Waals surface area contributed by atoms with E-state index >= 15 is 0 Å². The summed E-state index contributed by atoms with van der Waals surface area (Å²) in [4.78, 5) is 103. The monoisotopic (exact) mass is 837 g/mol. The van der Waals surface area contributed by atoms with Gasteiger partial charge in [0.15, 0.2) is 0 Å². The van der Waals surface area contributed by atoms with Gasteiger partial charge in [-0.2, -0.15) is 11.8 Å². The highest BCUT2D eigenvalue weighted by Crippen LogP contribution is 2.19. The third-order valence-electron chi connectivity index (χ3n) is 9.34. The van der Waals surface area contributed by atoms with Gasteiger partial charge in [-0.25, -0.2) is 9.59 Å². The number of rotatable bonds is 27. The minimum atomic E-state index is -0.977. The molecule has 8 amide bonds. The van der Waals surface area contributed by atoms with Crippen molar-refractivity contribution in [1.29, 1.82) is 0 Å². The highest BCUT2D eigenvalue weighted by atomic mass is 32.2. The number of unbranched alkanes of at least 4 members (excludes halogenated alkanes) is 5. The number of amides is 8. The molecule has 1 aliphatic rings. The number of thioether (sulfide) groups is 1. The van der Waals surface area contributed by atoms with Gasteiger partial charge in [-0.05, 0) is 80.0 Å². The normalized spacial score (nSPS) is 13.4. The molecule has 0 aromatic heterocycles. The number of hydrogen-bond acceptors (Lipinski definition) is 10. The fraction of sp³-hybridized carbons (Fsp3) is 0.524. The lowest BCUT2D eigenvalue weighted by molar-refractivity contribution is -0.197. The van der Waals surface area contributed by atoms with Crippen LogP contribution in [-0.2, 0) is 44.2 Å². The summed E-state index contributed by atoms with van der Waals surface area (Å²) in [7, 11) is 0. The largest absolute Gasteiger partial charge is 0.352 e. The van der Waals surface area contributed by atoms with E-state index in [1.54, 1.807) is 26.0 Å². The Balaban J connectivity index is 1.39. The Morgan fingerprint density at radius 3 is 1.98 bits per heavy atom. The molecule has 2 aromatic rings. The fourth-order valence-corrected chi connectivity index (χ4v) is 7.04. The number of nitrogens with two attached hydrogens (primary N) is 1. The van der Waals surface area contributed by atoms with Gasteiger partial charge in [-0.1, -0.05) is 63.4 Å². The van der Waals surface area contributed by atoms with Crippen molar-refractivity contribution in [2.45, 2.75) is 122 Å². The number of carbonyl (C=O) groups excluding carboxylic acids is 8. The van der Waals surface area contributed by atoms with E-state index in [2.05, 4.69) is 26.6 Å². The van der Waals surface area contributed by atoms with Crippen molar-refractivity contribution in [1.82, 2.24) is 21.0 Å². The molecule has 2 aromatic carbocycles. The van der Waals surface area contributed by atoms with Crippen LogP contribution in [0.4, 0.5) is 16.2 Å². The smallest absolute Gasteiger partial charge is 0.333 e. The van der Waals surface area contributed by atoms with Gasteiger partial charge in [-0.15, -0.1) is 5.06 Å². The number of hydrogen-bond donors (Lipinski definition) is 6. The van der Waals surface area contributed by atoms with Crippen molar-refractivity contribution in [3.05, 3.63) is 60.2 Å². The number of hydroxylamine groups is 2. The summed E-state index contributed by atoms with van der Waals surface area (Å²) in [6.07, 6.45) is 6.35. The molecule has 1 fully saturated rings. The summed E-state index contributed by atoms with van der Waals surface area (Å²) in [6, 6.07) is 14.3. The Kier molecular flexibility index (Phi) is 21.5. The van der Waals surface area contributed by atoms with Crippen LogP contribution in [0.2, 0.25) is 0 Å². The summed E-state index contributed by atoms with van der Waals surface area (Å²) in [6.45, 7) is 3.74. The number of benzene rings is 2. The fourth-order valence-electron chi connectivity index (χ4n) is 6.06. The van der Waals surface area contributed by atoms with Crippen molar-refractivity contribution < 1.29 is 43.2 Å². The number of primary amides is 1. The molecule has 1 aliphatic heterocycles. The van der Waals surface area contributed by atoms with Crippen molar-refractivity contribution >= 4 is 70.6 Å². The topological polar surface area (TPSA) is 235 Å². The van der Waals surface area contributed by atoms with Gasteiger partial charge in [0.2, 0.25) is 23.6 Å². The predicted octanol–water partition coefficient (Wildman–Crippen LogP) is 5.08. The maximum Gasteiger partial charge on any atom is 0.333 e. The maximum absolute atomic E-state index is 13.5. The molecule has 0 bridgehead atoms. The van der Waals surface area contributed by atoms with Crippen molar-refractivity contribution in [2.24, 2.45) is 11.7 Å². The molecule has 2 atom stereocenters. The first-order valence-corrected chi connectivity index (χ1v) is 21.5. The molecule has 0 aliphatic carbocycles. The Bertz CT molecular complexity index is 1690. The number of nitrogens with one attached hydrogen (secondary N) is 5. The van der Waals surface area contributed by atoms with E-state index in [1.165, 1.54) is 0 Å². The van der Waals surface area contributed by atoms with Crippen LogP contribution in [0, 0.1) is 5.92 Å². The molecule has 1 heterocycles. The van der Waals surface area contributed by atoms with Crippen LogP contribution in [0.3, 0.4) is 0 Å². The summed E-state index contributed by atoms with van der Waals surface area (Å²) in [5.74, 6) is -1.65. The lowest BCUT2D eigenvalue weighted by Crippen LogP contribution is -2.54. The average molecular weight is 838 g/mol. The van der Waals surface area contributed by atoms with Crippen LogP contribution >= 0.6 is 11.8 Å². The van der Waals surface area contributed by atoms with Crippen molar-refractivity contribution in [3.8, 4) is 0 Å². The predicted molar refractivity (Wildman–Crippen MR) is 225 cm³/mol. The molecule has 59 heavy (non-hydrogen) atoms. The minimum Gasteiger partial charge on any atom is -0.352 e. The highest BCUT2D eigenvalue weighted by Gasteiger charge is 2.33. The Hall–Kier alpha value is -5.45. The second-order valence-electron chi connectivity index (χ2n) is 14.7. The molecular weight excluding hydrogens is 779 g/mol. The molecule has 0 unspecified atom stereocenters. The number of nitrogens with zero attached hydrogens (tertiary/aromatic N) is 1. The van der Waals surface area contributed by atoms with Gasteiger partial charge in [-0.3, -0.25) is 28.8 Å². The van der Waals surface area contributed by atoms with E-state index in [-0.39, 0.29) is 56.4 Å². The third kappa shape index (κ3) is 19.2. The summed E-state index contributed by atoms with van der Waals surface area (Å²) in [5, 5.41) is 14.3. The van der Waals surface area contributed by atoms with E-state index in [9.17, 15) is 38.4 Å². The van der Waals surface area contributed by atoms with Crippen LogP contribution in [-0.4, -0.2) is 76.9 Å². The van der Waals surface area contributed by atoms with Crippen molar-refractivity contribution in [2.75, 3.05) is 22.9 Å². The molecule has 0 radical (unpaired) electrons. The number of imide groups is 1. The molecule has 16 nitrogen and oxygen atoms in total. The molecule has 17 heteroatoms. The molecule has 1 saturated heterocycles. The summed E-state index contributed by atoms with van der Waals surface area (Å²) < 4.78 is 0. The molecule has 322 valence electrons. The van der Waals surface area contributed by atoms with Gasteiger partial charge >= 0.3 is 12.0 Å². The number of carbonyl (C=O) groups is 8. The maximum atomic E-state index is 13.5. The van der Waals surface area contributed by atoms with Gasteiger partial charge < -0.3 is 37.2 Å². The summed E-state index contributed by atoms with van der Waals surface area (Å²) in [5.41, 5.74) is 7.64. The average Bonchev–Trinajstić information content (AvgIpc) is 3.51. The van der Waals surface area contributed by atoms with E-state index in [1.807, 2.05) is 54.2 Å². The SMILES string of the molecule is CC(C)[C@H](NC(=O)CCCCCC(=O)ON1C(=O)CCC1=O)C(=O)N[C@@H](CCCNC(N)=O)C(=O)Nc1ccc(CSCCCCCCC(=O)Nc2ccccc2)cc1. The van der Waals surface area contributed by atoms with Gasteiger partial charge in [0.1, 0.15) is 12.1 Å². The minimum absolute atomic E-state index is 0.0118. The molecule has 0 saturated carbocycles. The molecule has 7 N–H and O–H groups in total. The molecule has 0 spiro atoms. The van der Waals surface area contributed by atoms with Gasteiger partial charge in [0, 0.05) is 55.8 Å². The molecular formula is C42H59N7O9S. The summed E-state index contributed by atoms with van der Waals surface area (Å²) >= 11 is 1.82. The number of urea groups is 1. The second kappa shape index (κ2) is 26.5. The Morgan fingerprint density at radius 1 is 0.712 bits per heavy atom.